The summed E-state index contributed by atoms with van der Waals surface area (Å²) in [4.78, 5) is 22.1. The molecule has 136 valence electrons. The van der Waals surface area contributed by atoms with Crippen molar-refractivity contribution >= 4 is 23.7 Å². The Hall–Kier alpha value is -3.95. The van der Waals surface area contributed by atoms with Crippen LogP contribution in [0, 0.1) is 21.7 Å². The number of rotatable bonds is 5. The molecule has 0 atom stereocenters. The fourth-order valence-corrected chi connectivity index (χ4v) is 2.11. The molecule has 0 radical (unpaired) electrons. The Balaban J connectivity index is 1.69. The lowest BCUT2D eigenvalue weighted by atomic mass is 10.2. The summed E-state index contributed by atoms with van der Waals surface area (Å²) in [5, 5.41) is 20.1. The van der Waals surface area contributed by atoms with Crippen LogP contribution in [0.25, 0.3) is 17.5 Å². The van der Waals surface area contributed by atoms with Crippen molar-refractivity contribution in [2.75, 3.05) is 5.32 Å². The van der Waals surface area contributed by atoms with Gasteiger partial charge in [0.2, 0.25) is 0 Å². The van der Waals surface area contributed by atoms with Crippen molar-refractivity contribution in [3.8, 4) is 11.5 Å². The van der Waals surface area contributed by atoms with Gasteiger partial charge >= 0.3 is 6.01 Å². The highest BCUT2D eigenvalue weighted by molar-refractivity contribution is 6.00. The van der Waals surface area contributed by atoms with Gasteiger partial charge in [0, 0.05) is 24.3 Å². The standard InChI is InChI=1S/C17H10F2N4O4/c18-11-5-6-13(14(19)9-11)16-21-22-17(27-16)20-15(24)7-4-10-2-1-3-12(8-10)23(25)26/h1-9H,(H,20,22,24)/b7-4+. The van der Waals surface area contributed by atoms with Gasteiger partial charge in [-0.05, 0) is 23.8 Å². The molecule has 0 saturated carbocycles. The molecule has 1 N–H and O–H groups in total. The number of amides is 1. The van der Waals surface area contributed by atoms with Crippen LogP contribution in [-0.4, -0.2) is 21.0 Å². The number of halogens is 2. The molecule has 10 heteroatoms. The van der Waals surface area contributed by atoms with Crippen LogP contribution in [0.1, 0.15) is 5.56 Å². The Morgan fingerprint density at radius 2 is 2.00 bits per heavy atom. The number of nitro groups is 1. The van der Waals surface area contributed by atoms with Gasteiger partial charge < -0.3 is 4.42 Å². The minimum absolute atomic E-state index is 0.111. The highest BCUT2D eigenvalue weighted by Gasteiger charge is 2.14. The summed E-state index contributed by atoms with van der Waals surface area (Å²) in [5.74, 6) is -2.51. The van der Waals surface area contributed by atoms with E-state index in [1.807, 2.05) is 0 Å². The molecule has 1 amide bonds. The number of nitrogens with zero attached hydrogens (tertiary/aromatic N) is 3. The maximum Gasteiger partial charge on any atom is 0.322 e. The second-order valence-electron chi connectivity index (χ2n) is 5.21. The Kier molecular flexibility index (Phi) is 4.97. The maximum absolute atomic E-state index is 13.7. The number of anilines is 1. The summed E-state index contributed by atoms with van der Waals surface area (Å²) in [6.07, 6.45) is 2.47. The number of aromatic nitrogens is 2. The zero-order chi connectivity index (χ0) is 19.4. The quantitative estimate of drug-likeness (QED) is 0.416. The number of hydrogen-bond acceptors (Lipinski definition) is 6. The first-order chi connectivity index (χ1) is 12.9. The van der Waals surface area contributed by atoms with E-state index < -0.39 is 22.5 Å². The molecule has 8 nitrogen and oxygen atoms in total. The summed E-state index contributed by atoms with van der Waals surface area (Å²) < 4.78 is 31.7. The number of hydrogen-bond donors (Lipinski definition) is 1. The molecule has 27 heavy (non-hydrogen) atoms. The normalized spacial score (nSPS) is 10.9. The lowest BCUT2D eigenvalue weighted by Crippen LogP contribution is -2.07. The van der Waals surface area contributed by atoms with Crippen LogP contribution in [0.15, 0.2) is 53.0 Å². The van der Waals surface area contributed by atoms with E-state index in [9.17, 15) is 23.7 Å². The molecule has 3 aromatic rings. The smallest absolute Gasteiger partial charge is 0.322 e. The van der Waals surface area contributed by atoms with Crippen molar-refractivity contribution in [3.63, 3.8) is 0 Å². The first-order valence-corrected chi connectivity index (χ1v) is 7.45. The van der Waals surface area contributed by atoms with Crippen LogP contribution in [-0.2, 0) is 4.79 Å². The average molecular weight is 372 g/mol. The lowest BCUT2D eigenvalue weighted by molar-refractivity contribution is -0.384. The third kappa shape index (κ3) is 4.37. The summed E-state index contributed by atoms with van der Waals surface area (Å²) >= 11 is 0. The maximum atomic E-state index is 13.7. The molecule has 3 rings (SSSR count). The Bertz CT molecular complexity index is 1050. The van der Waals surface area contributed by atoms with Crippen molar-refractivity contribution in [3.05, 3.63) is 75.9 Å². The minimum Gasteiger partial charge on any atom is -0.403 e. The van der Waals surface area contributed by atoms with E-state index in [1.165, 1.54) is 24.3 Å². The third-order valence-electron chi connectivity index (χ3n) is 3.32. The van der Waals surface area contributed by atoms with Gasteiger partial charge in [0.1, 0.15) is 11.6 Å². The summed E-state index contributed by atoms with van der Waals surface area (Å²) in [6.45, 7) is 0. The fourth-order valence-electron chi connectivity index (χ4n) is 2.11. The predicted molar refractivity (Wildman–Crippen MR) is 90.4 cm³/mol. The molecular weight excluding hydrogens is 362 g/mol. The van der Waals surface area contributed by atoms with Crippen LogP contribution < -0.4 is 5.32 Å². The van der Waals surface area contributed by atoms with Crippen molar-refractivity contribution < 1.29 is 22.9 Å². The summed E-state index contributed by atoms with van der Waals surface area (Å²) in [7, 11) is 0. The first kappa shape index (κ1) is 17.9. The third-order valence-corrected chi connectivity index (χ3v) is 3.32. The van der Waals surface area contributed by atoms with E-state index in [1.54, 1.807) is 6.07 Å². The summed E-state index contributed by atoms with van der Waals surface area (Å²) in [6, 6.07) is 8.23. The molecule has 0 unspecified atom stereocenters. The molecule has 0 saturated heterocycles. The van der Waals surface area contributed by atoms with Gasteiger partial charge in [0.25, 0.3) is 17.5 Å². The zero-order valence-electron chi connectivity index (χ0n) is 13.4. The molecule has 0 bridgehead atoms. The minimum atomic E-state index is -0.887. The van der Waals surface area contributed by atoms with Crippen molar-refractivity contribution in [2.45, 2.75) is 0 Å². The number of nitro benzene ring substituents is 1. The molecular formula is C17H10F2N4O4. The molecule has 1 heterocycles. The average Bonchev–Trinajstić information content (AvgIpc) is 3.08. The van der Waals surface area contributed by atoms with Crippen molar-refractivity contribution in [1.82, 2.24) is 10.2 Å². The van der Waals surface area contributed by atoms with E-state index in [2.05, 4.69) is 15.5 Å². The molecule has 0 spiro atoms. The second-order valence-corrected chi connectivity index (χ2v) is 5.21. The predicted octanol–water partition coefficient (Wildman–Crippen LogP) is 3.57. The number of nitrogens with one attached hydrogen (secondary N) is 1. The van der Waals surface area contributed by atoms with Crippen LogP contribution >= 0.6 is 0 Å². The fraction of sp³-hybridized carbons (Fsp3) is 0. The van der Waals surface area contributed by atoms with E-state index in [-0.39, 0.29) is 23.2 Å². The van der Waals surface area contributed by atoms with Gasteiger partial charge in [-0.25, -0.2) is 8.78 Å². The van der Waals surface area contributed by atoms with E-state index in [4.69, 9.17) is 4.42 Å². The van der Waals surface area contributed by atoms with Crippen molar-refractivity contribution in [2.24, 2.45) is 0 Å². The van der Waals surface area contributed by atoms with E-state index in [0.717, 1.165) is 18.2 Å². The zero-order valence-corrected chi connectivity index (χ0v) is 13.4. The summed E-state index contributed by atoms with van der Waals surface area (Å²) in [5.41, 5.74) is 0.218. The van der Waals surface area contributed by atoms with E-state index in [0.29, 0.717) is 11.6 Å². The number of carbonyl (C=O) groups excluding carboxylic acids is 1. The molecule has 1 aromatic heterocycles. The Labute approximate surface area is 150 Å². The molecule has 0 aliphatic heterocycles. The Morgan fingerprint density at radius 1 is 1.19 bits per heavy atom. The van der Waals surface area contributed by atoms with Gasteiger partial charge in [-0.3, -0.25) is 20.2 Å². The molecule has 0 aliphatic carbocycles. The van der Waals surface area contributed by atoms with Gasteiger partial charge in [-0.1, -0.05) is 17.2 Å². The molecule has 0 fully saturated rings. The largest absolute Gasteiger partial charge is 0.403 e. The van der Waals surface area contributed by atoms with Crippen LogP contribution in [0.4, 0.5) is 20.5 Å². The molecule has 2 aromatic carbocycles. The van der Waals surface area contributed by atoms with Crippen molar-refractivity contribution in [1.29, 1.82) is 0 Å². The van der Waals surface area contributed by atoms with Gasteiger partial charge in [0.05, 0.1) is 10.5 Å². The second kappa shape index (κ2) is 7.52. The highest BCUT2D eigenvalue weighted by atomic mass is 19.1. The number of carbonyl (C=O) groups is 1. The van der Waals surface area contributed by atoms with Crippen LogP contribution in [0.5, 0.6) is 0 Å². The van der Waals surface area contributed by atoms with Crippen LogP contribution in [0.2, 0.25) is 0 Å². The monoisotopic (exact) mass is 372 g/mol. The van der Waals surface area contributed by atoms with Gasteiger partial charge in [0.15, 0.2) is 0 Å². The first-order valence-electron chi connectivity index (χ1n) is 7.45. The highest BCUT2D eigenvalue weighted by Crippen LogP contribution is 2.23. The molecule has 0 aliphatic rings. The lowest BCUT2D eigenvalue weighted by Gasteiger charge is -1.97. The SMILES string of the molecule is O=C(/C=C/c1cccc([N+](=O)[O-])c1)Nc1nnc(-c2ccc(F)cc2F)o1. The van der Waals surface area contributed by atoms with Crippen LogP contribution in [0.3, 0.4) is 0 Å². The topological polar surface area (TPSA) is 111 Å². The van der Waals surface area contributed by atoms with Gasteiger partial charge in [-0.15, -0.1) is 5.10 Å². The number of non-ortho nitro benzene ring substituents is 1. The van der Waals surface area contributed by atoms with Gasteiger partial charge in [-0.2, -0.15) is 0 Å². The van der Waals surface area contributed by atoms with E-state index >= 15 is 0 Å². The number of benzene rings is 2. The Morgan fingerprint density at radius 3 is 2.74 bits per heavy atom.